The van der Waals surface area contributed by atoms with Crippen molar-refractivity contribution in [1.29, 1.82) is 0 Å². The Kier molecular flexibility index (Phi) is 6.62. The highest BCUT2D eigenvalue weighted by Gasteiger charge is 2.25. The van der Waals surface area contributed by atoms with E-state index in [2.05, 4.69) is 0 Å². The van der Waals surface area contributed by atoms with Crippen LogP contribution in [0.5, 0.6) is 5.75 Å². The van der Waals surface area contributed by atoms with Gasteiger partial charge >= 0.3 is 0 Å². The molecule has 1 aliphatic rings. The number of carbonyl (C=O) groups excluding carboxylic acids is 2. The van der Waals surface area contributed by atoms with E-state index in [1.165, 1.54) is 12.1 Å². The molecule has 0 unspecified atom stereocenters. The van der Waals surface area contributed by atoms with Crippen molar-refractivity contribution in [2.75, 3.05) is 26.2 Å². The van der Waals surface area contributed by atoms with Gasteiger partial charge in [-0.15, -0.1) is 11.3 Å². The molecule has 3 aromatic rings. The summed E-state index contributed by atoms with van der Waals surface area (Å²) in [6, 6.07) is 17.1. The monoisotopic (exact) mass is 438 g/mol. The summed E-state index contributed by atoms with van der Waals surface area (Å²) in [6.07, 6.45) is 0.639. The second-order valence-corrected chi connectivity index (χ2v) is 8.35. The summed E-state index contributed by atoms with van der Waals surface area (Å²) in [5.41, 5.74) is 0.621. The van der Waals surface area contributed by atoms with E-state index in [9.17, 15) is 14.0 Å². The van der Waals surface area contributed by atoms with Gasteiger partial charge in [0.15, 0.2) is 0 Å². The molecular weight excluding hydrogens is 415 g/mol. The molecule has 2 amide bonds. The Labute approximate surface area is 184 Å². The summed E-state index contributed by atoms with van der Waals surface area (Å²) in [6.45, 7) is 2.26. The largest absolute Gasteiger partial charge is 0.488 e. The maximum atomic E-state index is 14.0. The van der Waals surface area contributed by atoms with Crippen molar-refractivity contribution >= 4 is 23.2 Å². The van der Waals surface area contributed by atoms with E-state index in [-0.39, 0.29) is 17.4 Å². The van der Waals surface area contributed by atoms with Crippen LogP contribution in [0.15, 0.2) is 66.0 Å². The Balaban J connectivity index is 1.39. The molecule has 1 aliphatic heterocycles. The van der Waals surface area contributed by atoms with Crippen molar-refractivity contribution in [3.8, 4) is 5.75 Å². The van der Waals surface area contributed by atoms with Crippen LogP contribution in [0.2, 0.25) is 0 Å². The van der Waals surface area contributed by atoms with E-state index >= 15 is 0 Å². The molecule has 0 spiro atoms. The third kappa shape index (κ3) is 5.11. The van der Waals surface area contributed by atoms with E-state index in [4.69, 9.17) is 4.74 Å². The molecule has 0 atom stereocenters. The van der Waals surface area contributed by atoms with Crippen LogP contribution < -0.4 is 4.74 Å². The SMILES string of the molecule is O=C(c1cccc(OCc2cccs2)c1)N1CCCN(C(=O)c2ccccc2F)CC1. The molecule has 0 bridgehead atoms. The second kappa shape index (κ2) is 9.75. The fourth-order valence-electron chi connectivity index (χ4n) is 3.58. The first-order chi connectivity index (χ1) is 15.1. The molecule has 0 radical (unpaired) electrons. The third-order valence-corrected chi connectivity index (χ3v) is 6.07. The van der Waals surface area contributed by atoms with E-state index < -0.39 is 5.82 Å². The predicted octanol–water partition coefficient (Wildman–Crippen LogP) is 4.45. The average molecular weight is 439 g/mol. The van der Waals surface area contributed by atoms with Gasteiger partial charge < -0.3 is 14.5 Å². The number of carbonyl (C=O) groups is 2. The lowest BCUT2D eigenvalue weighted by molar-refractivity contribution is 0.0716. The minimum atomic E-state index is -0.524. The lowest BCUT2D eigenvalue weighted by Gasteiger charge is -2.22. The molecule has 1 saturated heterocycles. The number of amides is 2. The molecule has 1 fully saturated rings. The molecule has 0 saturated carbocycles. The van der Waals surface area contributed by atoms with Crippen LogP contribution in [0.3, 0.4) is 0 Å². The molecule has 2 aromatic carbocycles. The Morgan fingerprint density at radius 1 is 0.903 bits per heavy atom. The first kappa shape index (κ1) is 21.1. The number of ether oxygens (including phenoxy) is 1. The zero-order chi connectivity index (χ0) is 21.6. The number of hydrogen-bond acceptors (Lipinski definition) is 4. The van der Waals surface area contributed by atoms with Crippen LogP contribution in [0.4, 0.5) is 4.39 Å². The summed E-state index contributed by atoms with van der Waals surface area (Å²) >= 11 is 1.62. The molecule has 1 aromatic heterocycles. The minimum Gasteiger partial charge on any atom is -0.488 e. The second-order valence-electron chi connectivity index (χ2n) is 7.31. The fourth-order valence-corrected chi connectivity index (χ4v) is 4.20. The number of halogens is 1. The lowest BCUT2D eigenvalue weighted by Crippen LogP contribution is -2.37. The third-order valence-electron chi connectivity index (χ3n) is 5.22. The first-order valence-corrected chi connectivity index (χ1v) is 11.1. The predicted molar refractivity (Wildman–Crippen MR) is 118 cm³/mol. The number of nitrogens with zero attached hydrogens (tertiary/aromatic N) is 2. The Hall–Kier alpha value is -3.19. The maximum Gasteiger partial charge on any atom is 0.256 e. The van der Waals surface area contributed by atoms with E-state index in [1.807, 2.05) is 29.6 Å². The first-order valence-electron chi connectivity index (χ1n) is 10.2. The molecule has 5 nitrogen and oxygen atoms in total. The molecule has 31 heavy (non-hydrogen) atoms. The molecule has 2 heterocycles. The van der Waals surface area contributed by atoms with Crippen molar-refractivity contribution in [3.63, 3.8) is 0 Å². The van der Waals surface area contributed by atoms with Crippen LogP contribution in [-0.4, -0.2) is 47.8 Å². The smallest absolute Gasteiger partial charge is 0.256 e. The Morgan fingerprint density at radius 3 is 2.42 bits per heavy atom. The van der Waals surface area contributed by atoms with Crippen LogP contribution in [-0.2, 0) is 6.61 Å². The number of rotatable bonds is 5. The van der Waals surface area contributed by atoms with Crippen LogP contribution in [0.25, 0.3) is 0 Å². The van der Waals surface area contributed by atoms with Crippen LogP contribution >= 0.6 is 11.3 Å². The zero-order valence-electron chi connectivity index (χ0n) is 17.0. The quantitative estimate of drug-likeness (QED) is 0.591. The lowest BCUT2D eigenvalue weighted by atomic mass is 10.2. The highest BCUT2D eigenvalue weighted by Crippen LogP contribution is 2.19. The van der Waals surface area contributed by atoms with Gasteiger partial charge in [-0.3, -0.25) is 9.59 Å². The Bertz CT molecular complexity index is 1050. The minimum absolute atomic E-state index is 0.0675. The van der Waals surface area contributed by atoms with Gasteiger partial charge in [0.25, 0.3) is 11.8 Å². The van der Waals surface area contributed by atoms with Gasteiger partial charge in [0.05, 0.1) is 5.56 Å². The standard InChI is InChI=1S/C24H23FN2O3S/c25-22-10-2-1-9-21(22)24(29)27-12-5-11-26(13-14-27)23(28)18-6-3-7-19(16-18)30-17-20-8-4-15-31-20/h1-4,6-10,15-16H,5,11-14,17H2. The normalized spacial score (nSPS) is 14.2. The molecule has 0 aliphatic carbocycles. The van der Waals surface area contributed by atoms with Gasteiger partial charge in [0, 0.05) is 36.6 Å². The molecule has 0 N–H and O–H groups in total. The van der Waals surface area contributed by atoms with Gasteiger partial charge in [-0.25, -0.2) is 4.39 Å². The van der Waals surface area contributed by atoms with Crippen molar-refractivity contribution in [1.82, 2.24) is 9.80 Å². The summed E-state index contributed by atoms with van der Waals surface area (Å²) in [5.74, 6) is -0.312. The van der Waals surface area contributed by atoms with Crippen LogP contribution in [0.1, 0.15) is 32.0 Å². The van der Waals surface area contributed by atoms with Crippen LogP contribution in [0, 0.1) is 5.82 Å². The van der Waals surface area contributed by atoms with Gasteiger partial charge in [-0.1, -0.05) is 24.3 Å². The zero-order valence-corrected chi connectivity index (χ0v) is 17.8. The highest BCUT2D eigenvalue weighted by atomic mass is 32.1. The average Bonchev–Trinajstić information content (AvgIpc) is 3.20. The van der Waals surface area contributed by atoms with Crippen molar-refractivity contribution in [2.24, 2.45) is 0 Å². The summed E-state index contributed by atoms with van der Waals surface area (Å²) in [4.78, 5) is 30.2. The molecule has 4 rings (SSSR count). The molecular formula is C24H23FN2O3S. The van der Waals surface area contributed by atoms with Gasteiger partial charge in [0.1, 0.15) is 18.2 Å². The van der Waals surface area contributed by atoms with E-state index in [0.29, 0.717) is 50.5 Å². The van der Waals surface area contributed by atoms with E-state index in [1.54, 1.807) is 45.4 Å². The van der Waals surface area contributed by atoms with Crippen molar-refractivity contribution in [3.05, 3.63) is 87.9 Å². The maximum absolute atomic E-state index is 14.0. The van der Waals surface area contributed by atoms with Gasteiger partial charge in [0.2, 0.25) is 0 Å². The number of benzene rings is 2. The Morgan fingerprint density at radius 2 is 1.68 bits per heavy atom. The van der Waals surface area contributed by atoms with Crippen molar-refractivity contribution < 1.29 is 18.7 Å². The summed E-state index contributed by atoms with van der Waals surface area (Å²) in [7, 11) is 0. The number of hydrogen-bond donors (Lipinski definition) is 0. The highest BCUT2D eigenvalue weighted by molar-refractivity contribution is 7.09. The molecule has 7 heteroatoms. The van der Waals surface area contributed by atoms with E-state index in [0.717, 1.165) is 4.88 Å². The summed E-state index contributed by atoms with van der Waals surface area (Å²) in [5, 5.41) is 2.00. The van der Waals surface area contributed by atoms with Gasteiger partial charge in [-0.2, -0.15) is 0 Å². The fraction of sp³-hybridized carbons (Fsp3) is 0.250. The van der Waals surface area contributed by atoms with Gasteiger partial charge in [-0.05, 0) is 48.2 Å². The topological polar surface area (TPSA) is 49.9 Å². The summed E-state index contributed by atoms with van der Waals surface area (Å²) < 4.78 is 19.8. The number of thiophene rings is 1. The van der Waals surface area contributed by atoms with Crippen molar-refractivity contribution in [2.45, 2.75) is 13.0 Å². The molecule has 160 valence electrons.